The molecule has 0 nitrogen and oxygen atoms in total. The van der Waals surface area contributed by atoms with Gasteiger partial charge in [0.25, 0.3) is 0 Å². The lowest BCUT2D eigenvalue weighted by atomic mass is 9.63. The summed E-state index contributed by atoms with van der Waals surface area (Å²) in [5.74, 6) is 4.57. The predicted octanol–water partition coefficient (Wildman–Crippen LogP) is 5.17. The number of hydrogen-bond donors (Lipinski definition) is 0. The number of rotatable bonds is 1. The van der Waals surface area contributed by atoms with E-state index in [0.29, 0.717) is 0 Å². The Morgan fingerprint density at radius 1 is 0.375 bits per heavy atom. The maximum Gasteiger partial charge on any atom is -0.0383 e. The Kier molecular flexibility index (Phi) is 3.54. The Hall–Kier alpha value is 0. The zero-order valence-electron chi connectivity index (χ0n) is 10.8. The zero-order chi connectivity index (χ0) is 10.8. The normalized spacial score (nSPS) is 41.6. The van der Waals surface area contributed by atoms with Crippen LogP contribution in [0.1, 0.15) is 77.0 Å². The summed E-state index contributed by atoms with van der Waals surface area (Å²) in [5.41, 5.74) is 0. The van der Waals surface area contributed by atoms with Crippen LogP contribution in [0.3, 0.4) is 0 Å². The fourth-order valence-electron chi connectivity index (χ4n) is 4.94. The summed E-state index contributed by atoms with van der Waals surface area (Å²) in [5, 5.41) is 0. The van der Waals surface area contributed by atoms with E-state index in [2.05, 4.69) is 0 Å². The molecule has 3 saturated carbocycles. The fraction of sp³-hybridized carbons (Fsp3) is 1.00. The van der Waals surface area contributed by atoms with Gasteiger partial charge in [-0.15, -0.1) is 0 Å². The predicted molar refractivity (Wildman–Crippen MR) is 69.4 cm³/mol. The van der Waals surface area contributed by atoms with E-state index in [4.69, 9.17) is 0 Å². The average Bonchev–Trinajstić information content (AvgIpc) is 2.39. The molecule has 16 heavy (non-hydrogen) atoms. The summed E-state index contributed by atoms with van der Waals surface area (Å²) in [4.78, 5) is 0. The topological polar surface area (TPSA) is 0 Å². The van der Waals surface area contributed by atoms with E-state index in [1.54, 1.807) is 51.4 Å². The van der Waals surface area contributed by atoms with Crippen LogP contribution in [0.25, 0.3) is 0 Å². The Balaban J connectivity index is 1.57. The maximum atomic E-state index is 1.62. The van der Waals surface area contributed by atoms with Crippen LogP contribution in [0.15, 0.2) is 0 Å². The highest BCUT2D eigenvalue weighted by molar-refractivity contribution is 4.86. The van der Waals surface area contributed by atoms with Crippen LogP contribution in [0, 0.1) is 23.7 Å². The van der Waals surface area contributed by atoms with Gasteiger partial charge in [-0.3, -0.25) is 0 Å². The van der Waals surface area contributed by atoms with Crippen molar-refractivity contribution in [1.82, 2.24) is 0 Å². The standard InChI is InChI=1S/C16H28/c1-2-6-13(7-3-1)16-11-10-14-8-4-5-9-15(14)12-16/h13-16H,1-12H2/t14-,15-,16?/m0/s1. The minimum Gasteiger partial charge on any atom is -0.0533 e. The third-order valence-electron chi connectivity index (χ3n) is 5.90. The van der Waals surface area contributed by atoms with E-state index in [-0.39, 0.29) is 0 Å². The van der Waals surface area contributed by atoms with E-state index in [1.807, 2.05) is 0 Å². The summed E-state index contributed by atoms with van der Waals surface area (Å²) >= 11 is 0. The summed E-state index contributed by atoms with van der Waals surface area (Å²) in [6, 6.07) is 0. The second-order valence-corrected chi connectivity index (χ2v) is 6.78. The molecule has 0 bridgehead atoms. The highest BCUT2D eigenvalue weighted by atomic mass is 14.4. The molecule has 0 amide bonds. The van der Waals surface area contributed by atoms with Crippen LogP contribution in [0.4, 0.5) is 0 Å². The van der Waals surface area contributed by atoms with Crippen LogP contribution in [0.2, 0.25) is 0 Å². The van der Waals surface area contributed by atoms with Gasteiger partial charge < -0.3 is 0 Å². The van der Waals surface area contributed by atoms with E-state index in [0.717, 1.165) is 23.7 Å². The second-order valence-electron chi connectivity index (χ2n) is 6.78. The molecular formula is C16H28. The molecule has 3 fully saturated rings. The van der Waals surface area contributed by atoms with Crippen molar-refractivity contribution in [3.05, 3.63) is 0 Å². The summed E-state index contributed by atoms with van der Waals surface area (Å²) in [6.45, 7) is 0. The van der Waals surface area contributed by atoms with Crippen LogP contribution in [-0.2, 0) is 0 Å². The van der Waals surface area contributed by atoms with Crippen LogP contribution in [0.5, 0.6) is 0 Å². The van der Waals surface area contributed by atoms with Crippen molar-refractivity contribution in [2.24, 2.45) is 23.7 Å². The van der Waals surface area contributed by atoms with Gasteiger partial charge in [-0.25, -0.2) is 0 Å². The Morgan fingerprint density at radius 3 is 1.56 bits per heavy atom. The molecule has 0 N–H and O–H groups in total. The van der Waals surface area contributed by atoms with Gasteiger partial charge in [0, 0.05) is 0 Å². The van der Waals surface area contributed by atoms with Crippen LogP contribution >= 0.6 is 0 Å². The van der Waals surface area contributed by atoms with Crippen LogP contribution in [-0.4, -0.2) is 0 Å². The molecule has 1 unspecified atom stereocenters. The lowest BCUT2D eigenvalue weighted by Crippen LogP contribution is -2.31. The molecule has 0 spiro atoms. The van der Waals surface area contributed by atoms with E-state index < -0.39 is 0 Å². The summed E-state index contributed by atoms with van der Waals surface area (Å²) in [6.07, 6.45) is 18.8. The second kappa shape index (κ2) is 5.10. The van der Waals surface area contributed by atoms with Gasteiger partial charge >= 0.3 is 0 Å². The molecule has 3 aliphatic carbocycles. The molecule has 0 aromatic carbocycles. The molecular weight excluding hydrogens is 192 g/mol. The molecule has 3 atom stereocenters. The van der Waals surface area contributed by atoms with Gasteiger partial charge in [0.1, 0.15) is 0 Å². The molecule has 3 rings (SSSR count). The van der Waals surface area contributed by atoms with Gasteiger partial charge in [-0.05, 0) is 42.9 Å². The first-order valence-corrected chi connectivity index (χ1v) is 7.93. The average molecular weight is 220 g/mol. The Labute approximate surface area is 101 Å². The first-order chi connectivity index (χ1) is 7.93. The van der Waals surface area contributed by atoms with E-state index in [9.17, 15) is 0 Å². The van der Waals surface area contributed by atoms with Crippen molar-refractivity contribution in [3.8, 4) is 0 Å². The first-order valence-electron chi connectivity index (χ1n) is 7.93. The minimum absolute atomic E-state index is 1.14. The highest BCUT2D eigenvalue weighted by Gasteiger charge is 2.35. The molecule has 0 heterocycles. The molecule has 0 saturated heterocycles. The van der Waals surface area contributed by atoms with Crippen molar-refractivity contribution < 1.29 is 0 Å². The Bertz CT molecular complexity index is 211. The van der Waals surface area contributed by atoms with E-state index >= 15 is 0 Å². The third-order valence-corrected chi connectivity index (χ3v) is 5.90. The van der Waals surface area contributed by atoms with Crippen LogP contribution < -0.4 is 0 Å². The third kappa shape index (κ3) is 2.31. The van der Waals surface area contributed by atoms with Gasteiger partial charge in [0.15, 0.2) is 0 Å². The first kappa shape index (κ1) is 11.1. The van der Waals surface area contributed by atoms with Gasteiger partial charge in [0.05, 0.1) is 0 Å². The lowest BCUT2D eigenvalue weighted by Gasteiger charge is -2.43. The smallest absolute Gasteiger partial charge is 0.0383 e. The number of fused-ring (bicyclic) bond motifs is 1. The summed E-state index contributed by atoms with van der Waals surface area (Å²) in [7, 11) is 0. The Morgan fingerprint density at radius 2 is 0.812 bits per heavy atom. The van der Waals surface area contributed by atoms with Gasteiger partial charge in [0.2, 0.25) is 0 Å². The largest absolute Gasteiger partial charge is 0.0533 e. The lowest BCUT2D eigenvalue weighted by molar-refractivity contribution is 0.0858. The van der Waals surface area contributed by atoms with Crippen molar-refractivity contribution in [2.45, 2.75) is 77.0 Å². The molecule has 3 aliphatic rings. The minimum atomic E-state index is 1.14. The quantitative estimate of drug-likeness (QED) is 0.571. The van der Waals surface area contributed by atoms with Crippen molar-refractivity contribution >= 4 is 0 Å². The van der Waals surface area contributed by atoms with Gasteiger partial charge in [-0.2, -0.15) is 0 Å². The monoisotopic (exact) mass is 220 g/mol. The van der Waals surface area contributed by atoms with E-state index in [1.165, 1.54) is 25.7 Å². The van der Waals surface area contributed by atoms with Crippen molar-refractivity contribution in [1.29, 1.82) is 0 Å². The molecule has 92 valence electrons. The fourth-order valence-corrected chi connectivity index (χ4v) is 4.94. The molecule has 0 heteroatoms. The summed E-state index contributed by atoms with van der Waals surface area (Å²) < 4.78 is 0. The number of hydrogen-bond acceptors (Lipinski definition) is 0. The molecule has 0 aromatic heterocycles. The van der Waals surface area contributed by atoms with Crippen molar-refractivity contribution in [2.75, 3.05) is 0 Å². The SMILES string of the molecule is C1CCC(C2CC[C@@H]3CCCC[C@H]3C2)CC1. The van der Waals surface area contributed by atoms with Gasteiger partial charge in [-0.1, -0.05) is 57.8 Å². The molecule has 0 aromatic rings. The zero-order valence-corrected chi connectivity index (χ0v) is 10.8. The molecule has 0 radical (unpaired) electrons. The van der Waals surface area contributed by atoms with Crippen molar-refractivity contribution in [3.63, 3.8) is 0 Å². The maximum absolute atomic E-state index is 1.62. The highest BCUT2D eigenvalue weighted by Crippen LogP contribution is 2.47. The molecule has 0 aliphatic heterocycles.